The normalized spacial score (nSPS) is 10.9. The Labute approximate surface area is 128 Å². The first kappa shape index (κ1) is 16.2. The van der Waals surface area contributed by atoms with Crippen LogP contribution in [0.2, 0.25) is 0 Å². The van der Waals surface area contributed by atoms with Gasteiger partial charge in [-0.05, 0) is 26.2 Å². The molecule has 2 aromatic rings. The van der Waals surface area contributed by atoms with Crippen LogP contribution >= 0.6 is 0 Å². The Morgan fingerprint density at radius 3 is 2.86 bits per heavy atom. The lowest BCUT2D eigenvalue weighted by Crippen LogP contribution is -2.09. The number of anilines is 1. The Morgan fingerprint density at radius 2 is 2.18 bits per heavy atom. The zero-order valence-corrected chi connectivity index (χ0v) is 12.9. The molecule has 22 heavy (non-hydrogen) atoms. The average molecular weight is 307 g/mol. The van der Waals surface area contributed by atoms with Gasteiger partial charge in [-0.15, -0.1) is 0 Å². The number of carbonyl (C=O) groups is 1. The van der Waals surface area contributed by atoms with Gasteiger partial charge in [-0.1, -0.05) is 0 Å². The number of aliphatic hydroxyl groups excluding tert-OH is 1. The maximum Gasteiger partial charge on any atom is 0.309 e. The Hall–Kier alpha value is -2.22. The topological polar surface area (TPSA) is 102 Å². The molecule has 0 saturated heterocycles. The molecule has 8 nitrogen and oxygen atoms in total. The third-order valence-corrected chi connectivity index (χ3v) is 3.06. The highest BCUT2D eigenvalue weighted by Crippen LogP contribution is 2.23. The van der Waals surface area contributed by atoms with E-state index in [9.17, 15) is 4.79 Å². The summed E-state index contributed by atoms with van der Waals surface area (Å²) in [7, 11) is 0. The molecule has 0 amide bonds. The van der Waals surface area contributed by atoms with Crippen molar-refractivity contribution in [2.45, 2.75) is 39.7 Å². The van der Waals surface area contributed by atoms with Crippen LogP contribution in [0.3, 0.4) is 0 Å². The SMILES string of the molecule is CCNc1nc(OC(C)=O)c2ncn(CCCCCO)c2n1. The maximum absolute atomic E-state index is 11.2. The van der Waals surface area contributed by atoms with E-state index in [2.05, 4.69) is 20.3 Å². The van der Waals surface area contributed by atoms with Crippen molar-refractivity contribution >= 4 is 23.1 Å². The van der Waals surface area contributed by atoms with Crippen LogP contribution in [-0.4, -0.2) is 43.7 Å². The minimum atomic E-state index is -0.444. The van der Waals surface area contributed by atoms with Crippen LogP contribution in [0.4, 0.5) is 5.95 Å². The number of carbonyl (C=O) groups excluding carboxylic acids is 1. The largest absolute Gasteiger partial charge is 0.405 e. The first-order valence-electron chi connectivity index (χ1n) is 7.41. The molecule has 0 spiro atoms. The van der Waals surface area contributed by atoms with Crippen LogP contribution in [0.1, 0.15) is 33.1 Å². The van der Waals surface area contributed by atoms with Crippen LogP contribution < -0.4 is 10.1 Å². The number of ether oxygens (including phenoxy) is 1. The molecule has 2 N–H and O–H groups in total. The lowest BCUT2D eigenvalue weighted by atomic mass is 10.2. The molecule has 0 bridgehead atoms. The van der Waals surface area contributed by atoms with Gasteiger partial charge in [0, 0.05) is 26.6 Å². The highest BCUT2D eigenvalue weighted by molar-refractivity contribution is 5.81. The van der Waals surface area contributed by atoms with Crippen LogP contribution in [-0.2, 0) is 11.3 Å². The summed E-state index contributed by atoms with van der Waals surface area (Å²) in [6.45, 7) is 4.86. The quantitative estimate of drug-likeness (QED) is 0.560. The summed E-state index contributed by atoms with van der Waals surface area (Å²) in [5.74, 6) is 0.130. The number of aliphatic hydroxyl groups is 1. The molecule has 2 heterocycles. The fraction of sp³-hybridized carbons (Fsp3) is 0.571. The second-order valence-corrected chi connectivity index (χ2v) is 4.87. The zero-order valence-electron chi connectivity index (χ0n) is 12.9. The van der Waals surface area contributed by atoms with Crippen molar-refractivity contribution < 1.29 is 14.6 Å². The third-order valence-electron chi connectivity index (χ3n) is 3.06. The van der Waals surface area contributed by atoms with E-state index in [0.29, 0.717) is 23.7 Å². The number of aromatic nitrogens is 4. The van der Waals surface area contributed by atoms with Crippen molar-refractivity contribution in [3.8, 4) is 5.88 Å². The lowest BCUT2D eigenvalue weighted by molar-refractivity contribution is -0.132. The fourth-order valence-corrected chi connectivity index (χ4v) is 2.10. The second-order valence-electron chi connectivity index (χ2n) is 4.87. The van der Waals surface area contributed by atoms with Crippen molar-refractivity contribution in [3.05, 3.63) is 6.33 Å². The predicted octanol–water partition coefficient (Wildman–Crippen LogP) is 1.35. The number of aryl methyl sites for hydroxylation is 1. The second kappa shape index (κ2) is 7.69. The number of fused-ring (bicyclic) bond motifs is 1. The number of nitrogens with zero attached hydrogens (tertiary/aromatic N) is 4. The van der Waals surface area contributed by atoms with E-state index in [-0.39, 0.29) is 12.5 Å². The number of hydrogen-bond acceptors (Lipinski definition) is 7. The highest BCUT2D eigenvalue weighted by atomic mass is 16.5. The number of esters is 1. The summed E-state index contributed by atoms with van der Waals surface area (Å²) in [5.41, 5.74) is 1.10. The smallest absolute Gasteiger partial charge is 0.309 e. The zero-order chi connectivity index (χ0) is 15.9. The molecule has 0 atom stereocenters. The molecular formula is C14H21N5O3. The molecule has 0 fully saturated rings. The molecule has 2 rings (SSSR count). The summed E-state index contributed by atoms with van der Waals surface area (Å²) < 4.78 is 7.04. The maximum atomic E-state index is 11.2. The molecular weight excluding hydrogens is 286 g/mol. The van der Waals surface area contributed by atoms with Gasteiger partial charge in [-0.25, -0.2) is 4.98 Å². The molecule has 0 aliphatic rings. The molecule has 0 radical (unpaired) electrons. The Balaban J connectivity index is 2.30. The van der Waals surface area contributed by atoms with Gasteiger partial charge in [0.15, 0.2) is 11.2 Å². The van der Waals surface area contributed by atoms with Gasteiger partial charge in [-0.3, -0.25) is 4.79 Å². The number of rotatable bonds is 8. The molecule has 2 aromatic heterocycles. The molecule has 0 aliphatic heterocycles. The first-order chi connectivity index (χ1) is 10.7. The van der Waals surface area contributed by atoms with E-state index in [1.165, 1.54) is 6.92 Å². The van der Waals surface area contributed by atoms with Crippen molar-refractivity contribution in [3.63, 3.8) is 0 Å². The first-order valence-corrected chi connectivity index (χ1v) is 7.41. The Morgan fingerprint density at radius 1 is 1.36 bits per heavy atom. The molecule has 120 valence electrons. The number of imidazole rings is 1. The van der Waals surface area contributed by atoms with Crippen molar-refractivity contribution in [1.82, 2.24) is 19.5 Å². The monoisotopic (exact) mass is 307 g/mol. The van der Waals surface area contributed by atoms with Crippen LogP contribution in [0.25, 0.3) is 11.2 Å². The summed E-state index contributed by atoms with van der Waals surface area (Å²) in [5, 5.41) is 11.8. The summed E-state index contributed by atoms with van der Waals surface area (Å²) in [4.78, 5) is 24.1. The van der Waals surface area contributed by atoms with Gasteiger partial charge < -0.3 is 19.7 Å². The van der Waals surface area contributed by atoms with Crippen molar-refractivity contribution in [1.29, 1.82) is 0 Å². The van der Waals surface area contributed by atoms with Gasteiger partial charge in [0.1, 0.15) is 0 Å². The minimum absolute atomic E-state index is 0.169. The van der Waals surface area contributed by atoms with E-state index in [1.54, 1.807) is 6.33 Å². The van der Waals surface area contributed by atoms with E-state index in [4.69, 9.17) is 9.84 Å². The molecule has 0 unspecified atom stereocenters. The van der Waals surface area contributed by atoms with Crippen LogP contribution in [0, 0.1) is 0 Å². The molecule has 8 heteroatoms. The summed E-state index contributed by atoms with van der Waals surface area (Å²) >= 11 is 0. The van der Waals surface area contributed by atoms with E-state index in [1.807, 2.05) is 11.5 Å². The van der Waals surface area contributed by atoms with E-state index < -0.39 is 5.97 Å². The Kier molecular flexibility index (Phi) is 5.65. The predicted molar refractivity (Wildman–Crippen MR) is 81.7 cm³/mol. The van der Waals surface area contributed by atoms with Gasteiger partial charge in [-0.2, -0.15) is 9.97 Å². The third kappa shape index (κ3) is 3.91. The lowest BCUT2D eigenvalue weighted by Gasteiger charge is -2.07. The number of nitrogens with one attached hydrogen (secondary N) is 1. The van der Waals surface area contributed by atoms with Crippen LogP contribution in [0.5, 0.6) is 5.88 Å². The number of unbranched alkanes of at least 4 members (excludes halogenated alkanes) is 2. The van der Waals surface area contributed by atoms with E-state index >= 15 is 0 Å². The van der Waals surface area contributed by atoms with Crippen molar-refractivity contribution in [2.75, 3.05) is 18.5 Å². The molecule has 0 aliphatic carbocycles. The molecule has 0 aromatic carbocycles. The van der Waals surface area contributed by atoms with Gasteiger partial charge in [0.25, 0.3) is 5.88 Å². The van der Waals surface area contributed by atoms with Crippen LogP contribution in [0.15, 0.2) is 6.33 Å². The van der Waals surface area contributed by atoms with Gasteiger partial charge >= 0.3 is 5.97 Å². The summed E-state index contributed by atoms with van der Waals surface area (Å²) in [6, 6.07) is 0. The van der Waals surface area contributed by atoms with Crippen molar-refractivity contribution in [2.24, 2.45) is 0 Å². The van der Waals surface area contributed by atoms with E-state index in [0.717, 1.165) is 25.8 Å². The number of hydrogen-bond donors (Lipinski definition) is 2. The minimum Gasteiger partial charge on any atom is -0.405 e. The average Bonchev–Trinajstić information content (AvgIpc) is 2.87. The fourth-order valence-electron chi connectivity index (χ4n) is 2.10. The van der Waals surface area contributed by atoms with Gasteiger partial charge in [0.2, 0.25) is 5.95 Å². The Bertz CT molecular complexity index is 641. The summed E-state index contributed by atoms with van der Waals surface area (Å²) in [6.07, 6.45) is 4.29. The van der Waals surface area contributed by atoms with Gasteiger partial charge in [0.05, 0.1) is 6.33 Å². The molecule has 0 saturated carbocycles. The standard InChI is InChI=1S/C14H21N5O3/c1-3-15-14-17-12-11(13(18-14)22-10(2)21)16-9-19(12)7-5-4-6-8-20/h9,20H,3-8H2,1-2H3,(H,15,17,18). The highest BCUT2D eigenvalue weighted by Gasteiger charge is 2.15.